The predicted molar refractivity (Wildman–Crippen MR) is 98.3 cm³/mol. The van der Waals surface area contributed by atoms with Gasteiger partial charge in [0.05, 0.1) is 12.0 Å². The maximum Gasteiger partial charge on any atom is 0.416 e. The number of aryl methyl sites for hydroxylation is 2. The summed E-state index contributed by atoms with van der Waals surface area (Å²) in [7, 11) is 0. The van der Waals surface area contributed by atoms with Gasteiger partial charge in [0, 0.05) is 43.1 Å². The van der Waals surface area contributed by atoms with E-state index in [-0.39, 0.29) is 17.9 Å². The molecule has 0 radical (unpaired) electrons. The smallest absolute Gasteiger partial charge is 0.368 e. The molecule has 0 spiro atoms. The van der Waals surface area contributed by atoms with Crippen LogP contribution in [0.1, 0.15) is 22.6 Å². The zero-order valence-electron chi connectivity index (χ0n) is 15.6. The zero-order valence-corrected chi connectivity index (χ0v) is 15.6. The first-order valence-electron chi connectivity index (χ1n) is 8.91. The molecule has 3 rings (SSSR count). The van der Waals surface area contributed by atoms with Crippen LogP contribution < -0.4 is 10.5 Å². The molecule has 9 heteroatoms. The predicted octanol–water partition coefficient (Wildman–Crippen LogP) is 2.30. The van der Waals surface area contributed by atoms with E-state index in [1.165, 1.54) is 6.07 Å². The quantitative estimate of drug-likeness (QED) is 0.868. The number of nitrogens with one attached hydrogen (secondary N) is 1. The Labute approximate surface area is 160 Å². The van der Waals surface area contributed by atoms with E-state index in [4.69, 9.17) is 0 Å². The van der Waals surface area contributed by atoms with E-state index in [9.17, 15) is 22.8 Å². The lowest BCUT2D eigenvalue weighted by molar-refractivity contribution is -0.137. The van der Waals surface area contributed by atoms with Gasteiger partial charge in [-0.3, -0.25) is 9.59 Å². The molecule has 2 heterocycles. The van der Waals surface area contributed by atoms with E-state index in [0.717, 1.165) is 12.1 Å². The van der Waals surface area contributed by atoms with Crippen LogP contribution >= 0.6 is 0 Å². The maximum absolute atomic E-state index is 12.9. The Balaban J connectivity index is 1.64. The Bertz CT molecular complexity index is 932. The molecule has 0 atom stereocenters. The van der Waals surface area contributed by atoms with Crippen molar-refractivity contribution in [3.05, 3.63) is 57.3 Å². The summed E-state index contributed by atoms with van der Waals surface area (Å²) in [6, 6.07) is 5.18. The van der Waals surface area contributed by atoms with E-state index in [1.807, 2.05) is 4.90 Å². The topological polar surface area (TPSA) is 69.3 Å². The summed E-state index contributed by atoms with van der Waals surface area (Å²) in [4.78, 5) is 34.9. The second-order valence-electron chi connectivity index (χ2n) is 6.81. The van der Waals surface area contributed by atoms with Crippen molar-refractivity contribution >= 4 is 11.6 Å². The number of amides is 1. The van der Waals surface area contributed by atoms with Gasteiger partial charge in [-0.2, -0.15) is 13.2 Å². The second-order valence-corrected chi connectivity index (χ2v) is 6.81. The Morgan fingerprint density at radius 1 is 1.18 bits per heavy atom. The van der Waals surface area contributed by atoms with Crippen molar-refractivity contribution in [3.63, 3.8) is 0 Å². The number of H-pyrrole nitrogens is 1. The van der Waals surface area contributed by atoms with Crippen molar-refractivity contribution in [2.45, 2.75) is 26.4 Å². The third kappa shape index (κ3) is 4.35. The van der Waals surface area contributed by atoms with Gasteiger partial charge in [-0.25, -0.2) is 4.98 Å². The molecule has 1 N–H and O–H groups in total. The number of hydrogen-bond donors (Lipinski definition) is 1. The Morgan fingerprint density at radius 2 is 1.86 bits per heavy atom. The van der Waals surface area contributed by atoms with Crippen LogP contribution in [0.4, 0.5) is 18.9 Å². The molecule has 1 aliphatic heterocycles. The van der Waals surface area contributed by atoms with Crippen molar-refractivity contribution in [1.29, 1.82) is 0 Å². The number of aromatic amines is 1. The van der Waals surface area contributed by atoms with Gasteiger partial charge in [-0.1, -0.05) is 6.07 Å². The molecule has 6 nitrogen and oxygen atoms in total. The van der Waals surface area contributed by atoms with Gasteiger partial charge in [0.1, 0.15) is 5.82 Å². The molecule has 1 aliphatic rings. The van der Waals surface area contributed by atoms with Gasteiger partial charge in [0.15, 0.2) is 0 Å². The third-order valence-corrected chi connectivity index (χ3v) is 4.84. The highest BCUT2D eigenvalue weighted by atomic mass is 19.4. The molecule has 1 fully saturated rings. The zero-order chi connectivity index (χ0) is 20.5. The van der Waals surface area contributed by atoms with Gasteiger partial charge >= 0.3 is 6.18 Å². The van der Waals surface area contributed by atoms with Crippen LogP contribution in [0.25, 0.3) is 0 Å². The van der Waals surface area contributed by atoms with E-state index < -0.39 is 11.7 Å². The molecular weight excluding hydrogens is 373 g/mol. The summed E-state index contributed by atoms with van der Waals surface area (Å²) in [5.74, 6) is 0.302. The molecule has 0 saturated carbocycles. The van der Waals surface area contributed by atoms with Crippen LogP contribution in [0.3, 0.4) is 0 Å². The highest BCUT2D eigenvalue weighted by Gasteiger charge is 2.31. The number of piperazine rings is 1. The lowest BCUT2D eigenvalue weighted by atomic mass is 10.1. The first-order valence-corrected chi connectivity index (χ1v) is 8.91. The van der Waals surface area contributed by atoms with Crippen LogP contribution in [0.5, 0.6) is 0 Å². The molecule has 1 aromatic heterocycles. The molecule has 150 valence electrons. The van der Waals surface area contributed by atoms with E-state index in [1.54, 1.807) is 24.8 Å². The fourth-order valence-corrected chi connectivity index (χ4v) is 3.32. The second kappa shape index (κ2) is 7.65. The fraction of sp³-hybridized carbons (Fsp3) is 0.421. The lowest BCUT2D eigenvalue weighted by Crippen LogP contribution is -2.49. The van der Waals surface area contributed by atoms with E-state index in [2.05, 4.69) is 9.97 Å². The molecule has 0 aliphatic carbocycles. The lowest BCUT2D eigenvalue weighted by Gasteiger charge is -2.36. The minimum absolute atomic E-state index is 0.0436. The van der Waals surface area contributed by atoms with E-state index >= 15 is 0 Å². The SMILES string of the molecule is Cc1nc(C)c(CC(=O)N2CCN(c3cccc(C(F)(F)F)c3)CC2)c(=O)[nH]1. The number of aromatic nitrogens is 2. The molecule has 1 saturated heterocycles. The molecule has 1 aromatic carbocycles. The number of carbonyl (C=O) groups excluding carboxylic acids is 1. The van der Waals surface area contributed by atoms with Crippen LogP contribution in [0.2, 0.25) is 0 Å². The average Bonchev–Trinajstić information content (AvgIpc) is 2.64. The molecule has 28 heavy (non-hydrogen) atoms. The number of carbonyl (C=O) groups is 1. The van der Waals surface area contributed by atoms with Crippen molar-refractivity contribution in [2.24, 2.45) is 0 Å². The Morgan fingerprint density at radius 3 is 2.46 bits per heavy atom. The minimum Gasteiger partial charge on any atom is -0.368 e. The number of rotatable bonds is 3. The Kier molecular flexibility index (Phi) is 5.44. The number of hydrogen-bond acceptors (Lipinski definition) is 4. The van der Waals surface area contributed by atoms with Crippen molar-refractivity contribution < 1.29 is 18.0 Å². The minimum atomic E-state index is -4.39. The van der Waals surface area contributed by atoms with Crippen LogP contribution in [-0.4, -0.2) is 47.0 Å². The first kappa shape index (κ1) is 19.9. The molecule has 1 amide bonds. The molecule has 2 aromatic rings. The summed E-state index contributed by atoms with van der Waals surface area (Å²) in [5, 5.41) is 0. The van der Waals surface area contributed by atoms with Crippen LogP contribution in [0.15, 0.2) is 29.1 Å². The fourth-order valence-electron chi connectivity index (χ4n) is 3.32. The number of nitrogens with zero attached hydrogens (tertiary/aromatic N) is 3. The number of benzene rings is 1. The van der Waals surface area contributed by atoms with Crippen LogP contribution in [-0.2, 0) is 17.4 Å². The highest BCUT2D eigenvalue weighted by Crippen LogP contribution is 2.31. The monoisotopic (exact) mass is 394 g/mol. The van der Waals surface area contributed by atoms with Gasteiger partial charge < -0.3 is 14.8 Å². The molecule has 0 bridgehead atoms. The molecule has 0 unspecified atom stereocenters. The van der Waals surface area contributed by atoms with E-state index in [0.29, 0.717) is 48.9 Å². The standard InChI is InChI=1S/C19H21F3N4O2/c1-12-16(18(28)24-13(2)23-12)11-17(27)26-8-6-25(7-9-26)15-5-3-4-14(10-15)19(20,21)22/h3-5,10H,6-9,11H2,1-2H3,(H,23,24,28). The summed E-state index contributed by atoms with van der Waals surface area (Å²) in [5.41, 5.74) is 0.344. The number of halogens is 3. The third-order valence-electron chi connectivity index (χ3n) is 4.84. The van der Waals surface area contributed by atoms with Crippen molar-refractivity contribution in [2.75, 3.05) is 31.1 Å². The molecular formula is C19H21F3N4O2. The van der Waals surface area contributed by atoms with Gasteiger partial charge in [0.2, 0.25) is 5.91 Å². The number of alkyl halides is 3. The summed E-state index contributed by atoms with van der Waals surface area (Å²) in [6.45, 7) is 4.98. The van der Waals surface area contributed by atoms with Crippen molar-refractivity contribution in [1.82, 2.24) is 14.9 Å². The van der Waals surface area contributed by atoms with Gasteiger partial charge in [-0.15, -0.1) is 0 Å². The summed E-state index contributed by atoms with van der Waals surface area (Å²) >= 11 is 0. The summed E-state index contributed by atoms with van der Waals surface area (Å²) in [6.07, 6.45) is -4.43. The normalized spacial score (nSPS) is 15.0. The maximum atomic E-state index is 12.9. The highest BCUT2D eigenvalue weighted by molar-refractivity contribution is 5.79. The summed E-state index contributed by atoms with van der Waals surface area (Å²) < 4.78 is 38.7. The van der Waals surface area contributed by atoms with Crippen molar-refractivity contribution in [3.8, 4) is 0 Å². The largest absolute Gasteiger partial charge is 0.416 e. The average molecular weight is 394 g/mol. The van der Waals surface area contributed by atoms with Gasteiger partial charge in [0.25, 0.3) is 5.56 Å². The Hall–Kier alpha value is -2.84. The van der Waals surface area contributed by atoms with Crippen LogP contribution in [0, 0.1) is 13.8 Å². The first-order chi connectivity index (χ1) is 13.1. The number of anilines is 1. The van der Waals surface area contributed by atoms with Gasteiger partial charge in [-0.05, 0) is 32.0 Å².